The molecule has 4 rings (SSSR count). The minimum atomic E-state index is -0.583. The zero-order valence-corrected chi connectivity index (χ0v) is 21.3. The van der Waals surface area contributed by atoms with E-state index in [0.29, 0.717) is 12.2 Å². The van der Waals surface area contributed by atoms with Crippen LogP contribution in [0.15, 0.2) is 18.6 Å². The van der Waals surface area contributed by atoms with Gasteiger partial charge in [0, 0.05) is 50.5 Å². The molecule has 1 aromatic heterocycles. The van der Waals surface area contributed by atoms with Crippen molar-refractivity contribution in [1.29, 1.82) is 0 Å². The third kappa shape index (κ3) is 5.84. The summed E-state index contributed by atoms with van der Waals surface area (Å²) in [6.07, 6.45) is 7.59. The summed E-state index contributed by atoms with van der Waals surface area (Å²) >= 11 is 0. The summed E-state index contributed by atoms with van der Waals surface area (Å²) in [5, 5.41) is 17.8. The summed E-state index contributed by atoms with van der Waals surface area (Å²) in [6, 6.07) is -0.0476. The van der Waals surface area contributed by atoms with Gasteiger partial charge in [-0.25, -0.2) is 4.98 Å². The first kappa shape index (κ1) is 26.0. The number of carbonyl (C=O) groups is 2. The number of aromatic nitrogens is 2. The molecule has 9 nitrogen and oxygen atoms in total. The molecule has 2 aliphatic carbocycles. The lowest BCUT2D eigenvalue weighted by atomic mass is 9.51. The third-order valence-corrected chi connectivity index (χ3v) is 8.89. The van der Waals surface area contributed by atoms with E-state index >= 15 is 0 Å². The van der Waals surface area contributed by atoms with Crippen LogP contribution in [0, 0.1) is 29.1 Å². The molecule has 1 aromatic rings. The number of carbonyl (C=O) groups excluding carboxylic acids is 2. The molecule has 1 saturated heterocycles. The fraction of sp³-hybridized carbons (Fsp3) is 0.769. The van der Waals surface area contributed by atoms with Crippen molar-refractivity contribution in [2.24, 2.45) is 29.1 Å². The lowest BCUT2D eigenvalue weighted by Gasteiger charge is -2.56. The first-order chi connectivity index (χ1) is 16.8. The zero-order valence-electron chi connectivity index (χ0n) is 21.3. The van der Waals surface area contributed by atoms with Crippen molar-refractivity contribution < 1.29 is 19.4 Å². The molecular weight excluding hydrogens is 446 g/mol. The highest BCUT2D eigenvalue weighted by Gasteiger charge is 2.53. The summed E-state index contributed by atoms with van der Waals surface area (Å²) in [5.41, 5.74) is 0.313. The predicted octanol–water partition coefficient (Wildman–Crippen LogP) is 1.48. The summed E-state index contributed by atoms with van der Waals surface area (Å²) < 4.78 is 5.38. The van der Waals surface area contributed by atoms with Crippen LogP contribution in [0.5, 0.6) is 0 Å². The Morgan fingerprint density at radius 2 is 2.00 bits per heavy atom. The second kappa shape index (κ2) is 11.3. The van der Waals surface area contributed by atoms with E-state index in [1.165, 1.54) is 12.4 Å². The molecule has 2 amide bonds. The molecule has 0 aromatic carbocycles. The van der Waals surface area contributed by atoms with Crippen molar-refractivity contribution in [1.82, 2.24) is 25.5 Å². The molecular formula is C26H41N5O4. The van der Waals surface area contributed by atoms with Crippen LogP contribution in [0.3, 0.4) is 0 Å². The second-order valence-electron chi connectivity index (χ2n) is 11.0. The summed E-state index contributed by atoms with van der Waals surface area (Å²) in [5.74, 6) is -0.459. The Labute approximate surface area is 208 Å². The summed E-state index contributed by atoms with van der Waals surface area (Å²) in [6.45, 7) is 11.1. The Morgan fingerprint density at radius 3 is 2.71 bits per heavy atom. The van der Waals surface area contributed by atoms with E-state index in [1.54, 1.807) is 6.20 Å². The number of hydrogen-bond acceptors (Lipinski definition) is 7. The van der Waals surface area contributed by atoms with E-state index in [0.717, 1.165) is 58.5 Å². The normalized spacial score (nSPS) is 34.5. The lowest BCUT2D eigenvalue weighted by molar-refractivity contribution is -0.142. The van der Waals surface area contributed by atoms with Crippen molar-refractivity contribution in [3.63, 3.8) is 0 Å². The molecule has 0 spiro atoms. The number of morpholine rings is 1. The largest absolute Gasteiger partial charge is 0.392 e. The fourth-order valence-electron chi connectivity index (χ4n) is 6.67. The average Bonchev–Trinajstić information content (AvgIpc) is 2.86. The van der Waals surface area contributed by atoms with Gasteiger partial charge in [-0.05, 0) is 48.9 Å². The summed E-state index contributed by atoms with van der Waals surface area (Å²) in [7, 11) is 0. The van der Waals surface area contributed by atoms with E-state index in [4.69, 9.17) is 4.74 Å². The smallest absolute Gasteiger partial charge is 0.271 e. The van der Waals surface area contributed by atoms with Crippen LogP contribution in [0.1, 0.15) is 56.9 Å². The Bertz CT molecular complexity index is 865. The highest BCUT2D eigenvalue weighted by Crippen LogP contribution is 2.55. The van der Waals surface area contributed by atoms with Gasteiger partial charge in [0.1, 0.15) is 5.69 Å². The van der Waals surface area contributed by atoms with Gasteiger partial charge >= 0.3 is 0 Å². The Hall–Kier alpha value is -2.10. The number of hydrogen-bond donors (Lipinski definition) is 3. The monoisotopic (exact) mass is 487 g/mol. The number of aliphatic hydroxyl groups excluding tert-OH is 1. The van der Waals surface area contributed by atoms with Gasteiger partial charge in [0.05, 0.1) is 25.5 Å². The first-order valence-electron chi connectivity index (χ1n) is 13.1. The molecule has 1 aliphatic heterocycles. The maximum atomic E-state index is 13.0. The zero-order chi connectivity index (χ0) is 25.0. The van der Waals surface area contributed by atoms with E-state index in [-0.39, 0.29) is 46.9 Å². The van der Waals surface area contributed by atoms with Crippen LogP contribution in [-0.2, 0) is 9.53 Å². The van der Waals surface area contributed by atoms with Crippen LogP contribution in [0.2, 0.25) is 0 Å². The Morgan fingerprint density at radius 1 is 1.26 bits per heavy atom. The van der Waals surface area contributed by atoms with Crippen molar-refractivity contribution in [2.45, 2.75) is 58.6 Å². The number of ether oxygens (including phenoxy) is 1. The number of fused-ring (bicyclic) bond motifs is 1. The third-order valence-electron chi connectivity index (χ3n) is 8.89. The van der Waals surface area contributed by atoms with Gasteiger partial charge in [-0.3, -0.25) is 19.5 Å². The van der Waals surface area contributed by atoms with Crippen molar-refractivity contribution in [3.05, 3.63) is 24.3 Å². The van der Waals surface area contributed by atoms with Gasteiger partial charge in [0.25, 0.3) is 5.91 Å². The fourth-order valence-corrected chi connectivity index (χ4v) is 6.67. The standard InChI is InChI=1S/C26H41N5O4/c1-17(24(33)29-10-11-31-12-14-35-15-13-31)19-4-6-26(3)7-5-20(18(2)22(26)23(19)32)30-25(34)21-16-27-8-9-28-21/h8-9,16-20,22-23,32H,4-7,10-15H2,1-3H3,(H,29,33)(H,30,34)/t17-,18+,19+,20-,22+,23-,26-/m0/s1. The second-order valence-corrected chi connectivity index (χ2v) is 11.0. The SMILES string of the molecule is C[C@H]1[C@@H]2[C@@H](O)[C@@H]([C@H](C)C(=O)NCCN3CCOCC3)CC[C@@]2(C)CC[C@@H]1NC(=O)c1cnccn1. The number of nitrogens with one attached hydrogen (secondary N) is 2. The number of nitrogens with zero attached hydrogens (tertiary/aromatic N) is 3. The molecule has 35 heavy (non-hydrogen) atoms. The molecule has 9 heteroatoms. The van der Waals surface area contributed by atoms with Gasteiger partial charge in [-0.15, -0.1) is 0 Å². The molecule has 7 atom stereocenters. The van der Waals surface area contributed by atoms with E-state index < -0.39 is 6.10 Å². The van der Waals surface area contributed by atoms with Crippen molar-refractivity contribution in [2.75, 3.05) is 39.4 Å². The Kier molecular flexibility index (Phi) is 8.39. The van der Waals surface area contributed by atoms with Crippen LogP contribution < -0.4 is 10.6 Å². The molecule has 194 valence electrons. The van der Waals surface area contributed by atoms with Gasteiger partial charge < -0.3 is 20.5 Å². The minimum Gasteiger partial charge on any atom is -0.392 e. The highest BCUT2D eigenvalue weighted by molar-refractivity contribution is 5.92. The molecule has 0 bridgehead atoms. The molecule has 2 saturated carbocycles. The van der Waals surface area contributed by atoms with Crippen LogP contribution in [0.25, 0.3) is 0 Å². The number of aliphatic hydroxyl groups is 1. The van der Waals surface area contributed by atoms with Gasteiger partial charge in [0.15, 0.2) is 0 Å². The first-order valence-corrected chi connectivity index (χ1v) is 13.1. The van der Waals surface area contributed by atoms with Crippen LogP contribution in [0.4, 0.5) is 0 Å². The maximum absolute atomic E-state index is 13.0. The molecule has 2 heterocycles. The summed E-state index contributed by atoms with van der Waals surface area (Å²) in [4.78, 5) is 36.1. The topological polar surface area (TPSA) is 117 Å². The lowest BCUT2D eigenvalue weighted by Crippen LogP contribution is -2.58. The molecule has 3 N–H and O–H groups in total. The number of rotatable bonds is 7. The van der Waals surface area contributed by atoms with Crippen molar-refractivity contribution in [3.8, 4) is 0 Å². The van der Waals surface area contributed by atoms with Crippen molar-refractivity contribution >= 4 is 11.8 Å². The van der Waals surface area contributed by atoms with Crippen LogP contribution in [-0.4, -0.2) is 83.3 Å². The van der Waals surface area contributed by atoms with E-state index in [9.17, 15) is 14.7 Å². The van der Waals surface area contributed by atoms with Gasteiger partial charge in [-0.2, -0.15) is 0 Å². The maximum Gasteiger partial charge on any atom is 0.271 e. The van der Waals surface area contributed by atoms with Gasteiger partial charge in [-0.1, -0.05) is 20.8 Å². The molecule has 3 aliphatic rings. The molecule has 3 fully saturated rings. The van der Waals surface area contributed by atoms with Gasteiger partial charge in [0.2, 0.25) is 5.91 Å². The highest BCUT2D eigenvalue weighted by atomic mass is 16.5. The Balaban J connectivity index is 1.36. The van der Waals surface area contributed by atoms with Crippen LogP contribution >= 0.6 is 0 Å². The van der Waals surface area contributed by atoms with E-state index in [2.05, 4.69) is 39.3 Å². The molecule has 0 unspecified atom stereocenters. The molecule has 0 radical (unpaired) electrons. The quantitative estimate of drug-likeness (QED) is 0.533. The average molecular weight is 488 g/mol. The van der Waals surface area contributed by atoms with E-state index in [1.807, 2.05) is 6.92 Å². The minimum absolute atomic E-state index is 0.00957. The predicted molar refractivity (Wildman–Crippen MR) is 131 cm³/mol. The number of amides is 2.